The molecule has 25 heavy (non-hydrogen) atoms. The van der Waals surface area contributed by atoms with Crippen LogP contribution >= 0.6 is 11.3 Å². The van der Waals surface area contributed by atoms with E-state index in [0.717, 1.165) is 11.3 Å². The molecule has 0 aliphatic carbocycles. The van der Waals surface area contributed by atoms with E-state index >= 15 is 0 Å². The van der Waals surface area contributed by atoms with Gasteiger partial charge in [0.25, 0.3) is 5.91 Å². The number of fused-ring (bicyclic) bond motifs is 2. The van der Waals surface area contributed by atoms with Gasteiger partial charge in [0, 0.05) is 23.3 Å². The molecule has 9 heteroatoms. The number of nitrogen functional groups attached to an aromatic ring is 2. The summed E-state index contributed by atoms with van der Waals surface area (Å²) in [4.78, 5) is 21.0. The van der Waals surface area contributed by atoms with Crippen LogP contribution in [0.1, 0.15) is 15.2 Å². The van der Waals surface area contributed by atoms with Crippen LogP contribution in [0.5, 0.6) is 0 Å². The number of rotatable bonds is 2. The van der Waals surface area contributed by atoms with Gasteiger partial charge in [0.1, 0.15) is 32.8 Å². The van der Waals surface area contributed by atoms with Gasteiger partial charge >= 0.3 is 0 Å². The third kappa shape index (κ3) is 2.09. The zero-order chi connectivity index (χ0) is 17.7. The largest absolute Gasteiger partial charge is 0.397 e. The molecule has 0 bridgehead atoms. The summed E-state index contributed by atoms with van der Waals surface area (Å²) in [5.74, 6) is -0.599. The number of nitriles is 1. The summed E-state index contributed by atoms with van der Waals surface area (Å²) in [6, 6.07) is 7.62. The predicted octanol–water partition coefficient (Wildman–Crippen LogP) is 1.75. The molecule has 6 N–H and O–H groups in total. The number of carbonyl (C=O) groups is 1. The highest BCUT2D eigenvalue weighted by Gasteiger charge is 2.24. The Morgan fingerprint density at radius 1 is 1.28 bits per heavy atom. The molecule has 0 aromatic carbocycles. The van der Waals surface area contributed by atoms with Crippen molar-refractivity contribution >= 4 is 44.6 Å². The molecule has 122 valence electrons. The van der Waals surface area contributed by atoms with Crippen LogP contribution < -0.4 is 17.2 Å². The first kappa shape index (κ1) is 14.9. The summed E-state index contributed by atoms with van der Waals surface area (Å²) in [6.45, 7) is 0. The lowest BCUT2D eigenvalue weighted by atomic mass is 10.0. The van der Waals surface area contributed by atoms with Gasteiger partial charge in [-0.15, -0.1) is 11.3 Å². The van der Waals surface area contributed by atoms with Crippen molar-refractivity contribution in [1.82, 2.24) is 14.4 Å². The number of primary amides is 1. The lowest BCUT2D eigenvalue weighted by Crippen LogP contribution is -2.10. The quantitative estimate of drug-likeness (QED) is 0.502. The predicted molar refractivity (Wildman–Crippen MR) is 95.9 cm³/mol. The summed E-state index contributed by atoms with van der Waals surface area (Å²) in [5.41, 5.74) is 19.5. The maximum absolute atomic E-state index is 11.6. The van der Waals surface area contributed by atoms with E-state index in [2.05, 4.69) is 16.0 Å². The lowest BCUT2D eigenvalue weighted by molar-refractivity contribution is 0.100. The van der Waals surface area contributed by atoms with Gasteiger partial charge in [-0.2, -0.15) is 5.26 Å². The zero-order valence-electron chi connectivity index (χ0n) is 12.7. The Balaban J connectivity index is 2.17. The third-order valence-electron chi connectivity index (χ3n) is 3.86. The van der Waals surface area contributed by atoms with E-state index in [9.17, 15) is 10.1 Å². The summed E-state index contributed by atoms with van der Waals surface area (Å²) in [5, 5.41) is 10.0. The Bertz CT molecular complexity index is 1180. The van der Waals surface area contributed by atoms with Crippen LogP contribution in [0, 0.1) is 11.3 Å². The second kappa shape index (κ2) is 5.19. The smallest absolute Gasteiger partial charge is 0.260 e. The molecular formula is C16H11N7OS. The molecule has 0 saturated heterocycles. The van der Waals surface area contributed by atoms with Crippen LogP contribution in [0.4, 0.5) is 11.5 Å². The molecule has 0 saturated carbocycles. The molecule has 4 aromatic heterocycles. The van der Waals surface area contributed by atoms with Gasteiger partial charge in [-0.1, -0.05) is 6.07 Å². The van der Waals surface area contributed by atoms with Crippen LogP contribution in [0.25, 0.3) is 27.1 Å². The summed E-state index contributed by atoms with van der Waals surface area (Å²) in [6.07, 6.45) is 3.61. The number of hydrogen-bond donors (Lipinski definition) is 3. The third-order valence-corrected chi connectivity index (χ3v) is 4.97. The Kier molecular flexibility index (Phi) is 3.10. The molecule has 0 unspecified atom stereocenters. The van der Waals surface area contributed by atoms with Gasteiger partial charge < -0.3 is 21.6 Å². The second-order valence-corrected chi connectivity index (χ2v) is 6.34. The number of pyridine rings is 2. The second-order valence-electron chi connectivity index (χ2n) is 5.34. The first-order valence-corrected chi connectivity index (χ1v) is 7.98. The number of nitrogens with two attached hydrogens (primary N) is 3. The van der Waals surface area contributed by atoms with Crippen molar-refractivity contribution in [2.24, 2.45) is 5.73 Å². The van der Waals surface area contributed by atoms with Crippen molar-refractivity contribution in [3.8, 4) is 17.3 Å². The summed E-state index contributed by atoms with van der Waals surface area (Å²) in [7, 11) is 0. The number of nitrogens with zero attached hydrogens (tertiary/aromatic N) is 4. The molecule has 4 aromatic rings. The van der Waals surface area contributed by atoms with E-state index in [1.165, 1.54) is 0 Å². The molecule has 4 heterocycles. The molecule has 8 nitrogen and oxygen atoms in total. The summed E-state index contributed by atoms with van der Waals surface area (Å²) < 4.78 is 1.82. The number of thiophene rings is 1. The maximum Gasteiger partial charge on any atom is 0.260 e. The van der Waals surface area contributed by atoms with Gasteiger partial charge in [-0.05, 0) is 12.1 Å². The van der Waals surface area contributed by atoms with E-state index in [1.54, 1.807) is 6.20 Å². The van der Waals surface area contributed by atoms with Gasteiger partial charge in [0.2, 0.25) is 0 Å². The molecule has 0 atom stereocenters. The normalized spacial score (nSPS) is 11.0. The van der Waals surface area contributed by atoms with Gasteiger partial charge in [-0.25, -0.2) is 9.97 Å². The van der Waals surface area contributed by atoms with Crippen LogP contribution in [0.2, 0.25) is 0 Å². The average Bonchev–Trinajstić information content (AvgIpc) is 3.15. The molecular weight excluding hydrogens is 338 g/mol. The number of hydrogen-bond acceptors (Lipinski definition) is 7. The van der Waals surface area contributed by atoms with Crippen LogP contribution in [0.3, 0.4) is 0 Å². The Morgan fingerprint density at radius 2 is 2.08 bits per heavy atom. The number of carbonyl (C=O) groups excluding carboxylic acids is 1. The zero-order valence-corrected chi connectivity index (χ0v) is 13.5. The Labute approximate surface area is 145 Å². The van der Waals surface area contributed by atoms with Crippen molar-refractivity contribution in [3.05, 3.63) is 41.0 Å². The lowest BCUT2D eigenvalue weighted by Gasteiger charge is -2.06. The van der Waals surface area contributed by atoms with E-state index in [4.69, 9.17) is 17.2 Å². The number of anilines is 2. The Hall–Kier alpha value is -3.64. The van der Waals surface area contributed by atoms with Crippen molar-refractivity contribution < 1.29 is 4.79 Å². The minimum atomic E-state index is -0.654. The fourth-order valence-corrected chi connectivity index (χ4v) is 3.74. The highest BCUT2D eigenvalue weighted by atomic mass is 32.1. The Morgan fingerprint density at radius 3 is 2.76 bits per heavy atom. The minimum absolute atomic E-state index is 0.0549. The molecule has 0 aliphatic heterocycles. The maximum atomic E-state index is 11.6. The molecule has 4 rings (SSSR count). The van der Waals surface area contributed by atoms with Crippen molar-refractivity contribution in [3.63, 3.8) is 0 Å². The number of imidazole rings is 1. The van der Waals surface area contributed by atoms with E-state index in [0.29, 0.717) is 27.1 Å². The standard InChI is InChI=1S/C16H11N7OS/c17-5-7-10(8-6-23-4-2-1-3-9(23)21-8)11-12(18)13(15(20)24)25-16(11)22-14(7)19/h1-4,6H,18H2,(H2,19,22)(H2,20,24). The molecule has 1 amide bonds. The highest BCUT2D eigenvalue weighted by Crippen LogP contribution is 2.42. The molecule has 0 fully saturated rings. The van der Waals surface area contributed by atoms with Crippen LogP contribution in [0.15, 0.2) is 30.6 Å². The van der Waals surface area contributed by atoms with Crippen LogP contribution in [-0.4, -0.2) is 20.3 Å². The number of amides is 1. The van der Waals surface area contributed by atoms with Gasteiger partial charge in [0.05, 0.1) is 11.4 Å². The SMILES string of the molecule is N#Cc1c(N)nc2sc(C(N)=O)c(N)c2c1-c1cn2ccccc2n1. The summed E-state index contributed by atoms with van der Waals surface area (Å²) >= 11 is 1.05. The first-order chi connectivity index (χ1) is 12.0. The fraction of sp³-hybridized carbons (Fsp3) is 0. The molecule has 0 spiro atoms. The van der Waals surface area contributed by atoms with Gasteiger partial charge in [0.15, 0.2) is 0 Å². The average molecular weight is 349 g/mol. The number of aromatic nitrogens is 3. The van der Waals surface area contributed by atoms with Crippen LogP contribution in [-0.2, 0) is 0 Å². The monoisotopic (exact) mass is 349 g/mol. The van der Waals surface area contributed by atoms with E-state index < -0.39 is 5.91 Å². The molecule has 0 aliphatic rings. The minimum Gasteiger partial charge on any atom is -0.397 e. The van der Waals surface area contributed by atoms with Gasteiger partial charge in [-0.3, -0.25) is 4.79 Å². The van der Waals surface area contributed by atoms with Crippen molar-refractivity contribution in [2.75, 3.05) is 11.5 Å². The van der Waals surface area contributed by atoms with E-state index in [-0.39, 0.29) is 21.9 Å². The topological polar surface area (TPSA) is 149 Å². The van der Waals surface area contributed by atoms with Crippen molar-refractivity contribution in [2.45, 2.75) is 0 Å². The van der Waals surface area contributed by atoms with E-state index in [1.807, 2.05) is 28.8 Å². The highest BCUT2D eigenvalue weighted by molar-refractivity contribution is 7.21. The fourth-order valence-electron chi connectivity index (χ4n) is 2.78. The first-order valence-electron chi connectivity index (χ1n) is 7.16. The molecule has 0 radical (unpaired) electrons. The van der Waals surface area contributed by atoms with Crippen molar-refractivity contribution in [1.29, 1.82) is 5.26 Å².